The molecule has 30 heavy (non-hydrogen) atoms. The van der Waals surface area contributed by atoms with Crippen LogP contribution >= 0.6 is 0 Å². The van der Waals surface area contributed by atoms with Gasteiger partial charge in [-0.3, -0.25) is 9.89 Å². The third kappa shape index (κ3) is 7.42. The predicted molar refractivity (Wildman–Crippen MR) is 120 cm³/mol. The number of hydrogen-bond donors (Lipinski definition) is 2. The highest BCUT2D eigenvalue weighted by Gasteiger charge is 2.18. The van der Waals surface area contributed by atoms with E-state index in [0.717, 1.165) is 19.0 Å². The van der Waals surface area contributed by atoms with Crippen molar-refractivity contribution in [1.29, 1.82) is 0 Å². The fourth-order valence-corrected chi connectivity index (χ4v) is 4.22. The first kappa shape index (κ1) is 23.8. The Bertz CT molecular complexity index is 920. The van der Waals surface area contributed by atoms with E-state index < -0.39 is 15.7 Å². The van der Waals surface area contributed by atoms with Crippen molar-refractivity contribution in [2.24, 2.45) is 4.99 Å². The van der Waals surface area contributed by atoms with Crippen molar-refractivity contribution in [3.05, 3.63) is 66.0 Å². The van der Waals surface area contributed by atoms with Crippen molar-refractivity contribution in [1.82, 2.24) is 15.5 Å². The van der Waals surface area contributed by atoms with Crippen LogP contribution < -0.4 is 10.6 Å². The van der Waals surface area contributed by atoms with Gasteiger partial charge in [0.05, 0.1) is 5.75 Å². The van der Waals surface area contributed by atoms with Crippen LogP contribution in [0.25, 0.3) is 0 Å². The van der Waals surface area contributed by atoms with Crippen molar-refractivity contribution in [2.75, 3.05) is 32.9 Å². The monoisotopic (exact) mass is 434 g/mol. The highest BCUT2D eigenvalue weighted by molar-refractivity contribution is 7.91. The Labute approximate surface area is 179 Å². The van der Waals surface area contributed by atoms with Gasteiger partial charge in [-0.05, 0) is 38.1 Å². The van der Waals surface area contributed by atoms with Gasteiger partial charge < -0.3 is 10.6 Å². The molecule has 0 aliphatic carbocycles. The van der Waals surface area contributed by atoms with Gasteiger partial charge in [0.2, 0.25) is 0 Å². The highest BCUT2D eigenvalue weighted by atomic mass is 32.2. The van der Waals surface area contributed by atoms with E-state index in [1.807, 2.05) is 18.2 Å². The summed E-state index contributed by atoms with van der Waals surface area (Å²) in [6.07, 6.45) is 0.900. The molecule has 0 fully saturated rings. The molecule has 0 radical (unpaired) electrons. The molecule has 2 aromatic carbocycles. The molecular formula is C22H31FN4O2S. The molecule has 0 bridgehead atoms. The molecule has 0 amide bonds. The van der Waals surface area contributed by atoms with Crippen LogP contribution in [0.5, 0.6) is 0 Å². The molecule has 0 saturated carbocycles. The van der Waals surface area contributed by atoms with Crippen LogP contribution in [-0.2, 0) is 16.4 Å². The maximum absolute atomic E-state index is 13.7. The van der Waals surface area contributed by atoms with Crippen molar-refractivity contribution < 1.29 is 12.8 Å². The predicted octanol–water partition coefficient (Wildman–Crippen LogP) is 2.67. The first-order valence-corrected chi connectivity index (χ1v) is 11.6. The molecule has 6 nitrogen and oxygen atoms in total. The lowest BCUT2D eigenvalue weighted by Gasteiger charge is -2.25. The minimum atomic E-state index is -3.70. The molecular weight excluding hydrogens is 403 g/mol. The number of nitrogens with zero attached hydrogens (tertiary/aromatic N) is 2. The maximum Gasteiger partial charge on any atom is 0.191 e. The first-order valence-electron chi connectivity index (χ1n) is 9.99. The summed E-state index contributed by atoms with van der Waals surface area (Å²) in [4.78, 5) is 6.13. The number of rotatable bonds is 10. The number of benzene rings is 2. The summed E-state index contributed by atoms with van der Waals surface area (Å²) in [5.74, 6) is -0.421. The molecule has 0 heterocycles. The Hall–Kier alpha value is -2.45. The Morgan fingerprint density at radius 3 is 2.37 bits per heavy atom. The summed E-state index contributed by atoms with van der Waals surface area (Å²) >= 11 is 0. The Morgan fingerprint density at radius 2 is 1.70 bits per heavy atom. The number of hydrogen-bond acceptors (Lipinski definition) is 4. The zero-order valence-corrected chi connectivity index (χ0v) is 18.6. The van der Waals surface area contributed by atoms with Gasteiger partial charge >= 0.3 is 0 Å². The Morgan fingerprint density at radius 1 is 1.07 bits per heavy atom. The SMILES string of the molecule is CN=C(NCCC(C)N(C)Cc1ccccc1)NCCS(=O)(=O)c1ccccc1F. The quantitative estimate of drug-likeness (QED) is 0.444. The molecule has 0 spiro atoms. The molecule has 0 saturated heterocycles. The third-order valence-electron chi connectivity index (χ3n) is 4.94. The van der Waals surface area contributed by atoms with E-state index in [1.54, 1.807) is 7.05 Å². The van der Waals surface area contributed by atoms with Gasteiger partial charge in [0.15, 0.2) is 15.8 Å². The second kappa shape index (κ2) is 11.7. The number of halogens is 1. The number of sulfone groups is 1. The molecule has 2 N–H and O–H groups in total. The van der Waals surface area contributed by atoms with Crippen molar-refractivity contribution >= 4 is 15.8 Å². The molecule has 0 aliphatic rings. The third-order valence-corrected chi connectivity index (χ3v) is 6.68. The van der Waals surface area contributed by atoms with Crippen LogP contribution in [0.1, 0.15) is 18.9 Å². The van der Waals surface area contributed by atoms with E-state index in [-0.39, 0.29) is 17.2 Å². The summed E-state index contributed by atoms with van der Waals surface area (Å²) in [6.45, 7) is 3.88. The van der Waals surface area contributed by atoms with Crippen molar-refractivity contribution in [3.8, 4) is 0 Å². The average molecular weight is 435 g/mol. The fraction of sp³-hybridized carbons (Fsp3) is 0.409. The normalized spacial score (nSPS) is 13.3. The summed E-state index contributed by atoms with van der Waals surface area (Å²) in [6, 6.07) is 16.1. The molecule has 0 aliphatic heterocycles. The topological polar surface area (TPSA) is 73.8 Å². The Balaban J connectivity index is 1.74. The summed E-state index contributed by atoms with van der Waals surface area (Å²) < 4.78 is 38.4. The molecule has 0 aromatic heterocycles. The maximum atomic E-state index is 13.7. The fourth-order valence-electron chi connectivity index (χ4n) is 2.98. The van der Waals surface area contributed by atoms with Crippen molar-refractivity contribution in [2.45, 2.75) is 30.8 Å². The van der Waals surface area contributed by atoms with Crippen LogP contribution in [0.2, 0.25) is 0 Å². The summed E-state index contributed by atoms with van der Waals surface area (Å²) in [5.41, 5.74) is 1.27. The van der Waals surface area contributed by atoms with Gasteiger partial charge in [0, 0.05) is 32.7 Å². The minimum Gasteiger partial charge on any atom is -0.356 e. The highest BCUT2D eigenvalue weighted by Crippen LogP contribution is 2.14. The van der Waals surface area contributed by atoms with Crippen LogP contribution in [0.4, 0.5) is 4.39 Å². The average Bonchev–Trinajstić information content (AvgIpc) is 2.73. The van der Waals surface area contributed by atoms with Crippen molar-refractivity contribution in [3.63, 3.8) is 0 Å². The molecule has 164 valence electrons. The lowest BCUT2D eigenvalue weighted by atomic mass is 10.1. The summed E-state index contributed by atoms with van der Waals surface area (Å²) in [5, 5.41) is 6.18. The van der Waals surface area contributed by atoms with E-state index in [0.29, 0.717) is 18.5 Å². The van der Waals surface area contributed by atoms with Gasteiger partial charge in [-0.15, -0.1) is 0 Å². The smallest absolute Gasteiger partial charge is 0.191 e. The second-order valence-corrected chi connectivity index (χ2v) is 9.29. The second-order valence-electron chi connectivity index (χ2n) is 7.21. The lowest BCUT2D eigenvalue weighted by Crippen LogP contribution is -2.41. The molecule has 1 atom stereocenters. The standard InChI is InChI=1S/C22H31FN4O2S/c1-18(27(3)17-19-9-5-4-6-10-19)13-14-25-22(24-2)26-15-16-30(28,29)21-12-8-7-11-20(21)23/h4-12,18H,13-17H2,1-3H3,(H2,24,25,26). The lowest BCUT2D eigenvalue weighted by molar-refractivity contribution is 0.238. The minimum absolute atomic E-state index is 0.139. The molecule has 2 rings (SSSR count). The van der Waals surface area contributed by atoms with Gasteiger partial charge in [0.25, 0.3) is 0 Å². The van der Waals surface area contributed by atoms with Gasteiger partial charge in [-0.25, -0.2) is 12.8 Å². The molecule has 2 aromatic rings. The molecule has 8 heteroatoms. The van der Waals surface area contributed by atoms with Crippen LogP contribution in [0.3, 0.4) is 0 Å². The van der Waals surface area contributed by atoms with Crippen LogP contribution in [0, 0.1) is 5.82 Å². The zero-order chi connectivity index (χ0) is 22.0. The van der Waals surface area contributed by atoms with E-state index in [1.165, 1.54) is 23.8 Å². The largest absolute Gasteiger partial charge is 0.356 e. The Kier molecular flexibility index (Phi) is 9.26. The van der Waals surface area contributed by atoms with E-state index >= 15 is 0 Å². The van der Waals surface area contributed by atoms with Crippen LogP contribution in [-0.4, -0.2) is 58.3 Å². The number of nitrogens with one attached hydrogen (secondary N) is 2. The molecule has 1 unspecified atom stereocenters. The van der Waals surface area contributed by atoms with E-state index in [4.69, 9.17) is 0 Å². The van der Waals surface area contributed by atoms with E-state index in [9.17, 15) is 12.8 Å². The first-order chi connectivity index (χ1) is 14.3. The summed E-state index contributed by atoms with van der Waals surface area (Å²) in [7, 11) is 0.0294. The number of guanidine groups is 1. The van der Waals surface area contributed by atoms with E-state index in [2.05, 4.69) is 46.6 Å². The van der Waals surface area contributed by atoms with Crippen LogP contribution in [0.15, 0.2) is 64.5 Å². The zero-order valence-electron chi connectivity index (χ0n) is 17.8. The van der Waals surface area contributed by atoms with Gasteiger partial charge in [0.1, 0.15) is 10.7 Å². The van der Waals surface area contributed by atoms with Gasteiger partial charge in [-0.2, -0.15) is 0 Å². The number of aliphatic imine (C=N–C) groups is 1. The van der Waals surface area contributed by atoms with Gasteiger partial charge in [-0.1, -0.05) is 42.5 Å².